The number of Topliss-reactive ketones (excluding diaryl/α,β-unsaturated/α-hetero) is 3. The van der Waals surface area contributed by atoms with Crippen molar-refractivity contribution in [1.82, 2.24) is 4.90 Å². The standard InChI is InChI=1S/C23H27NO5/c1-10-6-22-14-5-13(10)16(26)15(22)19-23(14)8-12(29-11(2)25)7-21(3,9-24(19)4)18(23)17(27)20(22)28/h12-15,18-19H,1,5-9H2,2-4H3. The van der Waals surface area contributed by atoms with Gasteiger partial charge in [0.2, 0.25) is 11.6 Å². The Morgan fingerprint density at radius 1 is 1.24 bits per heavy atom. The fourth-order valence-electron chi connectivity index (χ4n) is 9.62. The van der Waals surface area contributed by atoms with Gasteiger partial charge in [-0.1, -0.05) is 19.1 Å². The average Bonchev–Trinajstić information content (AvgIpc) is 2.74. The Kier molecular flexibility index (Phi) is 3.04. The Hall–Kier alpha value is -1.82. The summed E-state index contributed by atoms with van der Waals surface area (Å²) in [5.41, 5.74) is -0.996. The molecule has 0 aromatic rings. The molecule has 0 amide bonds. The summed E-state index contributed by atoms with van der Waals surface area (Å²) in [4.78, 5) is 55.0. The summed E-state index contributed by atoms with van der Waals surface area (Å²) in [5, 5.41) is 0. The molecule has 29 heavy (non-hydrogen) atoms. The van der Waals surface area contributed by atoms with Gasteiger partial charge in [-0.25, -0.2) is 0 Å². The Bertz CT molecular complexity index is 940. The molecule has 6 heteroatoms. The van der Waals surface area contributed by atoms with Crippen LogP contribution in [0.3, 0.4) is 0 Å². The summed E-state index contributed by atoms with van der Waals surface area (Å²) in [5.74, 6) is -1.78. The highest BCUT2D eigenvalue weighted by Crippen LogP contribution is 2.80. The number of likely N-dealkylation sites (tertiary alicyclic amines) is 1. The van der Waals surface area contributed by atoms with Crippen molar-refractivity contribution in [2.45, 2.75) is 51.7 Å². The molecule has 6 aliphatic carbocycles. The Morgan fingerprint density at radius 2 is 1.97 bits per heavy atom. The lowest BCUT2D eigenvalue weighted by Crippen LogP contribution is -2.72. The molecular weight excluding hydrogens is 370 g/mol. The number of allylic oxidation sites excluding steroid dienone is 1. The van der Waals surface area contributed by atoms with Gasteiger partial charge in [0.05, 0.1) is 5.41 Å². The molecule has 1 saturated heterocycles. The van der Waals surface area contributed by atoms with Crippen molar-refractivity contribution >= 4 is 23.3 Å². The molecule has 1 aliphatic heterocycles. The van der Waals surface area contributed by atoms with Crippen molar-refractivity contribution in [2.24, 2.45) is 39.9 Å². The van der Waals surface area contributed by atoms with Crippen molar-refractivity contribution in [3.05, 3.63) is 12.2 Å². The van der Waals surface area contributed by atoms with Crippen LogP contribution in [-0.2, 0) is 23.9 Å². The molecule has 9 unspecified atom stereocenters. The van der Waals surface area contributed by atoms with Crippen LogP contribution < -0.4 is 0 Å². The molecule has 2 spiro atoms. The van der Waals surface area contributed by atoms with Crippen molar-refractivity contribution in [1.29, 1.82) is 0 Å². The number of hydrogen-bond donors (Lipinski definition) is 0. The molecule has 6 bridgehead atoms. The summed E-state index contributed by atoms with van der Waals surface area (Å²) in [6.07, 6.45) is 1.99. The van der Waals surface area contributed by atoms with E-state index in [4.69, 9.17) is 4.74 Å². The molecular formula is C23H27NO5. The van der Waals surface area contributed by atoms with Crippen LogP contribution in [0.5, 0.6) is 0 Å². The van der Waals surface area contributed by atoms with E-state index in [1.54, 1.807) is 0 Å². The van der Waals surface area contributed by atoms with Crippen LogP contribution in [-0.4, -0.2) is 54.0 Å². The van der Waals surface area contributed by atoms with Gasteiger partial charge in [0.15, 0.2) is 0 Å². The van der Waals surface area contributed by atoms with Crippen molar-refractivity contribution in [2.75, 3.05) is 13.6 Å². The largest absolute Gasteiger partial charge is 0.463 e. The summed E-state index contributed by atoms with van der Waals surface area (Å²) in [6, 6.07) is -0.134. The number of carbonyl (C=O) groups is 4. The smallest absolute Gasteiger partial charge is 0.302 e. The minimum Gasteiger partial charge on any atom is -0.463 e. The van der Waals surface area contributed by atoms with Crippen LogP contribution in [0, 0.1) is 39.9 Å². The van der Waals surface area contributed by atoms with Crippen molar-refractivity contribution in [3.63, 3.8) is 0 Å². The summed E-state index contributed by atoms with van der Waals surface area (Å²) < 4.78 is 5.72. The van der Waals surface area contributed by atoms with Crippen molar-refractivity contribution in [3.8, 4) is 0 Å². The predicted molar refractivity (Wildman–Crippen MR) is 102 cm³/mol. The quantitative estimate of drug-likeness (QED) is 0.380. The second kappa shape index (κ2) is 4.90. The van der Waals surface area contributed by atoms with Gasteiger partial charge >= 0.3 is 5.97 Å². The molecule has 0 aromatic heterocycles. The van der Waals surface area contributed by atoms with E-state index in [1.807, 2.05) is 7.05 Å². The van der Waals surface area contributed by atoms with Crippen LogP contribution >= 0.6 is 0 Å². The first-order valence-corrected chi connectivity index (χ1v) is 10.8. The van der Waals surface area contributed by atoms with E-state index in [0.29, 0.717) is 32.2 Å². The maximum Gasteiger partial charge on any atom is 0.302 e. The molecule has 9 atom stereocenters. The van der Waals surface area contributed by atoms with Crippen LogP contribution in [0.25, 0.3) is 0 Å². The minimum absolute atomic E-state index is 0.00571. The summed E-state index contributed by atoms with van der Waals surface area (Å²) in [7, 11) is 2.05. The second-order valence-corrected chi connectivity index (χ2v) is 11.0. The normalized spacial score (nSPS) is 54.7. The third-order valence-corrected chi connectivity index (χ3v) is 9.66. The molecule has 6 nitrogen and oxygen atoms in total. The molecule has 7 fully saturated rings. The Labute approximate surface area is 170 Å². The number of ether oxygens (including phenoxy) is 1. The zero-order valence-electron chi connectivity index (χ0n) is 17.2. The second-order valence-electron chi connectivity index (χ2n) is 11.0. The molecule has 1 heterocycles. The highest BCUT2D eigenvalue weighted by Gasteiger charge is 2.86. The van der Waals surface area contributed by atoms with Crippen LogP contribution in [0.2, 0.25) is 0 Å². The monoisotopic (exact) mass is 397 g/mol. The van der Waals surface area contributed by atoms with E-state index < -0.39 is 22.2 Å². The Morgan fingerprint density at radius 3 is 2.66 bits per heavy atom. The van der Waals surface area contributed by atoms with Gasteiger partial charge in [0.1, 0.15) is 11.9 Å². The highest BCUT2D eigenvalue weighted by molar-refractivity contribution is 6.42. The number of piperidine rings is 1. The number of rotatable bonds is 1. The first kappa shape index (κ1) is 18.0. The number of ketones is 3. The third-order valence-electron chi connectivity index (χ3n) is 9.66. The van der Waals surface area contributed by atoms with Gasteiger partial charge in [-0.15, -0.1) is 0 Å². The average molecular weight is 397 g/mol. The van der Waals surface area contributed by atoms with Crippen LogP contribution in [0.15, 0.2) is 12.2 Å². The molecule has 0 radical (unpaired) electrons. The predicted octanol–water partition coefficient (Wildman–Crippen LogP) is 1.57. The topological polar surface area (TPSA) is 80.8 Å². The lowest BCUT2D eigenvalue weighted by atomic mass is 9.39. The number of carbonyl (C=O) groups excluding carboxylic acids is 4. The van der Waals surface area contributed by atoms with E-state index in [-0.39, 0.29) is 53.2 Å². The van der Waals surface area contributed by atoms with E-state index in [2.05, 4.69) is 18.4 Å². The zero-order valence-corrected chi connectivity index (χ0v) is 17.2. The molecule has 7 rings (SSSR count). The highest BCUT2D eigenvalue weighted by atomic mass is 16.5. The van der Waals surface area contributed by atoms with Gasteiger partial charge in [-0.3, -0.25) is 19.2 Å². The van der Waals surface area contributed by atoms with Gasteiger partial charge in [0.25, 0.3) is 0 Å². The fraction of sp³-hybridized carbons (Fsp3) is 0.739. The van der Waals surface area contributed by atoms with E-state index >= 15 is 0 Å². The van der Waals surface area contributed by atoms with Crippen LogP contribution in [0.1, 0.15) is 39.5 Å². The summed E-state index contributed by atoms with van der Waals surface area (Å²) in [6.45, 7) is 8.27. The van der Waals surface area contributed by atoms with E-state index in [9.17, 15) is 19.2 Å². The van der Waals surface area contributed by atoms with Gasteiger partial charge in [-0.05, 0) is 44.1 Å². The molecule has 7 aliphatic rings. The maximum atomic E-state index is 13.7. The molecule has 6 saturated carbocycles. The van der Waals surface area contributed by atoms with Gasteiger partial charge in [0, 0.05) is 42.7 Å². The first-order chi connectivity index (χ1) is 13.6. The number of fused-ring (bicyclic) bond motifs is 1. The Balaban J connectivity index is 1.63. The number of nitrogens with zero attached hydrogens (tertiary/aromatic N) is 1. The summed E-state index contributed by atoms with van der Waals surface area (Å²) >= 11 is 0. The van der Waals surface area contributed by atoms with Crippen molar-refractivity contribution < 1.29 is 23.9 Å². The lowest BCUT2D eigenvalue weighted by Gasteiger charge is -2.66. The number of hydrogen-bond acceptors (Lipinski definition) is 6. The SMILES string of the molecule is C=C1CC23C(=O)C(=O)C4C5(C)CC(OC(C)=O)CC46C(C2C(=O)C1CC36)N(C)C5. The van der Waals surface area contributed by atoms with Gasteiger partial charge in [-0.2, -0.15) is 0 Å². The molecule has 154 valence electrons. The third kappa shape index (κ3) is 1.65. The van der Waals surface area contributed by atoms with Gasteiger partial charge < -0.3 is 9.64 Å². The van der Waals surface area contributed by atoms with Crippen LogP contribution in [0.4, 0.5) is 0 Å². The molecule has 0 N–H and O–H groups in total. The minimum atomic E-state index is -0.918. The van der Waals surface area contributed by atoms with E-state index in [1.165, 1.54) is 6.92 Å². The fourth-order valence-corrected chi connectivity index (χ4v) is 9.62. The lowest BCUT2D eigenvalue weighted by molar-refractivity contribution is -0.207. The zero-order chi connectivity index (χ0) is 20.7. The van der Waals surface area contributed by atoms with E-state index in [0.717, 1.165) is 5.57 Å². The first-order valence-electron chi connectivity index (χ1n) is 10.8. The number of esters is 1. The molecule has 0 aromatic carbocycles. The maximum absolute atomic E-state index is 13.7.